The minimum Gasteiger partial charge on any atom is -0.494 e. The molecule has 0 unspecified atom stereocenters. The maximum absolute atomic E-state index is 12.7. The van der Waals surface area contributed by atoms with Gasteiger partial charge in [-0.2, -0.15) is 0 Å². The number of benzene rings is 1. The summed E-state index contributed by atoms with van der Waals surface area (Å²) in [5.41, 5.74) is 2.17. The third-order valence-electron chi connectivity index (χ3n) is 4.85. The maximum Gasteiger partial charge on any atom is 0.325 e. The summed E-state index contributed by atoms with van der Waals surface area (Å²) in [7, 11) is 1.57. The number of carbonyl (C=O) groups is 1. The average Bonchev–Trinajstić information content (AvgIpc) is 3.06. The predicted molar refractivity (Wildman–Crippen MR) is 110 cm³/mol. The van der Waals surface area contributed by atoms with Crippen LogP contribution in [0.15, 0.2) is 35.3 Å². The van der Waals surface area contributed by atoms with Crippen molar-refractivity contribution in [3.8, 4) is 5.75 Å². The number of ether oxygens (including phenoxy) is 2. The van der Waals surface area contributed by atoms with Crippen molar-refractivity contribution in [2.45, 2.75) is 19.4 Å². The molecule has 29 heavy (non-hydrogen) atoms. The van der Waals surface area contributed by atoms with E-state index in [1.807, 2.05) is 18.2 Å². The first-order valence-corrected chi connectivity index (χ1v) is 9.31. The Hall–Kier alpha value is -3.33. The third kappa shape index (κ3) is 3.95. The number of anilines is 2. The van der Waals surface area contributed by atoms with E-state index in [0.717, 1.165) is 18.8 Å². The van der Waals surface area contributed by atoms with Crippen molar-refractivity contribution in [2.75, 3.05) is 37.0 Å². The van der Waals surface area contributed by atoms with Crippen molar-refractivity contribution >= 4 is 28.4 Å². The molecule has 152 valence electrons. The predicted octanol–water partition coefficient (Wildman–Crippen LogP) is 2.13. The number of imidazole rings is 1. The molecule has 1 amide bonds. The van der Waals surface area contributed by atoms with Crippen LogP contribution in [0.3, 0.4) is 0 Å². The highest BCUT2D eigenvalue weighted by Crippen LogP contribution is 2.32. The van der Waals surface area contributed by atoms with Crippen molar-refractivity contribution in [3.05, 3.63) is 46.5 Å². The van der Waals surface area contributed by atoms with Gasteiger partial charge in [-0.1, -0.05) is 0 Å². The maximum atomic E-state index is 12.7. The number of methoxy groups -OCH3 is 1. The van der Waals surface area contributed by atoms with Gasteiger partial charge in [-0.3, -0.25) is 9.78 Å². The Morgan fingerprint density at radius 3 is 2.90 bits per heavy atom. The Morgan fingerprint density at radius 2 is 2.14 bits per heavy atom. The Balaban J connectivity index is 1.56. The number of nitrogens with zero attached hydrogens (tertiary/aromatic N) is 2. The van der Waals surface area contributed by atoms with Crippen LogP contribution >= 0.6 is 0 Å². The number of H-pyrrole nitrogens is 2. The number of fused-ring (bicyclic) bond motifs is 1. The molecule has 3 N–H and O–H groups in total. The summed E-state index contributed by atoms with van der Waals surface area (Å²) in [5.74, 6) is 0.212. The van der Waals surface area contributed by atoms with Gasteiger partial charge in [0.15, 0.2) is 5.65 Å². The van der Waals surface area contributed by atoms with Crippen LogP contribution in [0, 0.1) is 0 Å². The highest BCUT2D eigenvalue weighted by molar-refractivity contribution is 6.06. The van der Waals surface area contributed by atoms with E-state index in [4.69, 9.17) is 9.47 Å². The highest BCUT2D eigenvalue weighted by Gasteiger charge is 2.27. The first-order valence-electron chi connectivity index (χ1n) is 9.31. The normalized spacial score (nSPS) is 16.0. The van der Waals surface area contributed by atoms with Crippen molar-refractivity contribution in [2.24, 2.45) is 0 Å². The van der Waals surface area contributed by atoms with Gasteiger partial charge in [-0.15, -0.1) is 0 Å². The van der Waals surface area contributed by atoms with Crippen molar-refractivity contribution in [1.29, 1.82) is 0 Å². The molecule has 0 atom stereocenters. The summed E-state index contributed by atoms with van der Waals surface area (Å²) in [6, 6.07) is 7.25. The number of rotatable bonds is 4. The lowest BCUT2D eigenvalue weighted by molar-refractivity contribution is -0.0277. The molecule has 0 radical (unpaired) electrons. The molecule has 3 aromatic rings. The summed E-state index contributed by atoms with van der Waals surface area (Å²) in [6.45, 7) is 6.34. The van der Waals surface area contributed by atoms with E-state index in [9.17, 15) is 9.59 Å². The second kappa shape index (κ2) is 7.25. The Morgan fingerprint density at radius 1 is 1.31 bits per heavy atom. The fourth-order valence-electron chi connectivity index (χ4n) is 3.46. The van der Waals surface area contributed by atoms with E-state index in [1.54, 1.807) is 13.2 Å². The molecule has 9 heteroatoms. The third-order valence-corrected chi connectivity index (χ3v) is 4.85. The lowest BCUT2D eigenvalue weighted by atomic mass is 10.1. The monoisotopic (exact) mass is 397 g/mol. The molecule has 1 fully saturated rings. The van der Waals surface area contributed by atoms with E-state index in [1.165, 1.54) is 6.20 Å². The van der Waals surface area contributed by atoms with Crippen LogP contribution in [-0.4, -0.2) is 53.3 Å². The average molecular weight is 397 g/mol. The van der Waals surface area contributed by atoms with Crippen molar-refractivity contribution < 1.29 is 14.3 Å². The molecule has 4 rings (SSSR count). The molecule has 1 aliphatic rings. The van der Waals surface area contributed by atoms with E-state index < -0.39 is 0 Å². The van der Waals surface area contributed by atoms with E-state index >= 15 is 0 Å². The highest BCUT2D eigenvalue weighted by atomic mass is 16.5. The zero-order valence-electron chi connectivity index (χ0n) is 16.5. The SMILES string of the molecule is COc1cc(N2CCOC(C)(C)C2)ccc1NC(=O)c1cnc2[nH]c(=O)[nH]c2c1. The molecule has 1 aliphatic heterocycles. The van der Waals surface area contributed by atoms with Crippen LogP contribution < -0.4 is 20.6 Å². The van der Waals surface area contributed by atoms with Crippen LogP contribution in [0.2, 0.25) is 0 Å². The van der Waals surface area contributed by atoms with Gasteiger partial charge in [-0.25, -0.2) is 9.78 Å². The van der Waals surface area contributed by atoms with Gasteiger partial charge in [0.2, 0.25) is 0 Å². The molecule has 3 heterocycles. The summed E-state index contributed by atoms with van der Waals surface area (Å²) < 4.78 is 11.3. The van der Waals surface area contributed by atoms with E-state index in [-0.39, 0.29) is 17.2 Å². The molecular weight excluding hydrogens is 374 g/mol. The molecule has 1 aromatic carbocycles. The van der Waals surface area contributed by atoms with Gasteiger partial charge < -0.3 is 24.7 Å². The molecule has 0 aliphatic carbocycles. The lowest BCUT2D eigenvalue weighted by Crippen LogP contribution is -2.48. The largest absolute Gasteiger partial charge is 0.494 e. The number of morpholine rings is 1. The van der Waals surface area contributed by atoms with Crippen LogP contribution in [0.5, 0.6) is 5.75 Å². The second-order valence-corrected chi connectivity index (χ2v) is 7.57. The topological polar surface area (TPSA) is 112 Å². The summed E-state index contributed by atoms with van der Waals surface area (Å²) in [5, 5.41) is 2.85. The van der Waals surface area contributed by atoms with Gasteiger partial charge in [0.1, 0.15) is 5.75 Å². The Kier molecular flexibility index (Phi) is 4.75. The van der Waals surface area contributed by atoms with Crippen molar-refractivity contribution in [1.82, 2.24) is 15.0 Å². The zero-order chi connectivity index (χ0) is 20.6. The second-order valence-electron chi connectivity index (χ2n) is 7.57. The van der Waals surface area contributed by atoms with Gasteiger partial charge in [0, 0.05) is 31.0 Å². The molecule has 0 saturated carbocycles. The van der Waals surface area contributed by atoms with Gasteiger partial charge >= 0.3 is 5.69 Å². The smallest absolute Gasteiger partial charge is 0.325 e. The van der Waals surface area contributed by atoms with Crippen LogP contribution in [0.4, 0.5) is 11.4 Å². The Labute approximate surface area is 167 Å². The fraction of sp³-hybridized carbons (Fsp3) is 0.350. The molecule has 9 nitrogen and oxygen atoms in total. The van der Waals surface area contributed by atoms with Crippen LogP contribution in [-0.2, 0) is 4.74 Å². The van der Waals surface area contributed by atoms with Crippen LogP contribution in [0.25, 0.3) is 11.2 Å². The first kappa shape index (κ1) is 19.0. The summed E-state index contributed by atoms with van der Waals surface area (Å²) >= 11 is 0. The summed E-state index contributed by atoms with van der Waals surface area (Å²) in [6.07, 6.45) is 1.41. The number of pyridine rings is 1. The van der Waals surface area contributed by atoms with E-state index in [2.05, 4.69) is 39.0 Å². The Bertz CT molecular complexity index is 1120. The number of nitrogens with one attached hydrogen (secondary N) is 3. The number of hydrogen-bond donors (Lipinski definition) is 3. The van der Waals surface area contributed by atoms with Crippen LogP contribution in [0.1, 0.15) is 24.2 Å². The minimum absolute atomic E-state index is 0.219. The molecule has 2 aromatic heterocycles. The number of hydrogen-bond acceptors (Lipinski definition) is 6. The van der Waals surface area contributed by atoms with Gasteiger partial charge in [-0.05, 0) is 32.0 Å². The quantitative estimate of drug-likeness (QED) is 0.622. The molecular formula is C20H23N5O4. The zero-order valence-corrected chi connectivity index (χ0v) is 16.5. The number of aromatic amines is 2. The number of carbonyl (C=O) groups excluding carboxylic acids is 1. The van der Waals surface area contributed by atoms with Gasteiger partial charge in [0.25, 0.3) is 5.91 Å². The first-order chi connectivity index (χ1) is 13.8. The number of amides is 1. The van der Waals surface area contributed by atoms with E-state index in [0.29, 0.717) is 34.8 Å². The fourth-order valence-corrected chi connectivity index (χ4v) is 3.46. The minimum atomic E-state index is -0.367. The summed E-state index contributed by atoms with van der Waals surface area (Å²) in [4.78, 5) is 35.5. The molecule has 0 bridgehead atoms. The van der Waals surface area contributed by atoms with Gasteiger partial charge in [0.05, 0.1) is 36.1 Å². The molecule has 0 spiro atoms. The number of aromatic nitrogens is 3. The lowest BCUT2D eigenvalue weighted by Gasteiger charge is -2.39. The standard InChI is InChI=1S/C20H23N5O4/c1-20(2)11-25(6-7-29-20)13-4-5-14(16(9-13)28-3)22-18(26)12-8-15-17(21-10-12)24-19(27)23-15/h4-5,8-10H,6-7,11H2,1-3H3,(H,22,26)(H2,21,23,24,27). The molecule has 1 saturated heterocycles. The van der Waals surface area contributed by atoms with Crippen molar-refractivity contribution in [3.63, 3.8) is 0 Å².